The van der Waals surface area contributed by atoms with Crippen LogP contribution in [0.25, 0.3) is 0 Å². The van der Waals surface area contributed by atoms with Crippen LogP contribution in [0.2, 0.25) is 0 Å². The summed E-state index contributed by atoms with van der Waals surface area (Å²) in [6.07, 6.45) is 2.94. The van der Waals surface area contributed by atoms with Crippen LogP contribution in [0.5, 0.6) is 0 Å². The molecule has 0 saturated heterocycles. The zero-order valence-electron chi connectivity index (χ0n) is 15.7. The minimum atomic E-state index is -0.189. The maximum atomic E-state index is 12.6. The van der Waals surface area contributed by atoms with Crippen LogP contribution in [0.3, 0.4) is 0 Å². The molecule has 1 saturated carbocycles. The molecule has 0 bridgehead atoms. The third-order valence-corrected chi connectivity index (χ3v) is 4.21. The van der Waals surface area contributed by atoms with Gasteiger partial charge in [-0.25, -0.2) is 0 Å². The number of rotatable bonds is 9. The highest BCUT2D eigenvalue weighted by Crippen LogP contribution is 2.32. The number of benzene rings is 1. The van der Waals surface area contributed by atoms with Crippen molar-refractivity contribution in [3.05, 3.63) is 23.8 Å². The molecule has 1 fully saturated rings. The molecule has 1 aromatic carbocycles. The maximum absolute atomic E-state index is 12.6. The van der Waals surface area contributed by atoms with E-state index in [1.165, 1.54) is 7.11 Å². The number of carbonyl (C=O) groups excluding carboxylic acids is 2. The van der Waals surface area contributed by atoms with Crippen molar-refractivity contribution in [3.8, 4) is 0 Å². The second kappa shape index (κ2) is 8.85. The van der Waals surface area contributed by atoms with E-state index in [0.717, 1.165) is 42.7 Å². The first-order valence-electron chi connectivity index (χ1n) is 8.84. The van der Waals surface area contributed by atoms with Crippen molar-refractivity contribution >= 4 is 23.2 Å². The lowest BCUT2D eigenvalue weighted by atomic mass is 10.1. The van der Waals surface area contributed by atoms with E-state index < -0.39 is 0 Å². The summed E-state index contributed by atoms with van der Waals surface area (Å²) in [6, 6.07) is 5.80. The molecule has 0 radical (unpaired) electrons. The molecule has 25 heavy (non-hydrogen) atoms. The van der Waals surface area contributed by atoms with Gasteiger partial charge in [-0.2, -0.15) is 0 Å². The van der Waals surface area contributed by atoms with E-state index in [0.29, 0.717) is 6.54 Å². The van der Waals surface area contributed by atoms with E-state index in [-0.39, 0.29) is 24.3 Å². The molecular formula is C19H29N3O3. The average Bonchev–Trinajstić information content (AvgIpc) is 3.39. The number of nitrogens with zero attached hydrogens (tertiary/aromatic N) is 2. The van der Waals surface area contributed by atoms with Crippen molar-refractivity contribution < 1.29 is 14.3 Å². The molecule has 0 aliphatic heterocycles. The Labute approximate surface area is 150 Å². The van der Waals surface area contributed by atoms with Gasteiger partial charge in [-0.3, -0.25) is 9.59 Å². The fourth-order valence-electron chi connectivity index (χ4n) is 2.89. The Morgan fingerprint density at radius 1 is 1.28 bits per heavy atom. The van der Waals surface area contributed by atoms with Gasteiger partial charge in [0.15, 0.2) is 0 Å². The number of nitrogens with one attached hydrogen (secondary N) is 1. The zero-order chi connectivity index (χ0) is 18.4. The summed E-state index contributed by atoms with van der Waals surface area (Å²) < 4.78 is 4.86. The van der Waals surface area contributed by atoms with Gasteiger partial charge < -0.3 is 19.9 Å². The minimum absolute atomic E-state index is 0.0207. The van der Waals surface area contributed by atoms with Crippen LogP contribution in [0, 0.1) is 5.92 Å². The lowest BCUT2D eigenvalue weighted by Crippen LogP contribution is -2.33. The van der Waals surface area contributed by atoms with Gasteiger partial charge in [0.1, 0.15) is 6.61 Å². The van der Waals surface area contributed by atoms with Crippen LogP contribution in [0.4, 0.5) is 11.4 Å². The second-order valence-corrected chi connectivity index (χ2v) is 6.75. The first-order valence-corrected chi connectivity index (χ1v) is 8.84. The lowest BCUT2D eigenvalue weighted by molar-refractivity contribution is -0.133. The molecule has 6 nitrogen and oxygen atoms in total. The third kappa shape index (κ3) is 5.46. The maximum Gasteiger partial charge on any atom is 0.250 e. The van der Waals surface area contributed by atoms with Crippen LogP contribution in [-0.4, -0.2) is 51.1 Å². The van der Waals surface area contributed by atoms with Gasteiger partial charge >= 0.3 is 0 Å². The molecule has 0 spiro atoms. The Bertz CT molecular complexity index is 612. The summed E-state index contributed by atoms with van der Waals surface area (Å²) in [5.41, 5.74) is 2.80. The molecule has 0 aromatic heterocycles. The van der Waals surface area contributed by atoms with Crippen molar-refractivity contribution in [2.24, 2.45) is 5.92 Å². The van der Waals surface area contributed by atoms with Gasteiger partial charge in [0, 0.05) is 51.6 Å². The summed E-state index contributed by atoms with van der Waals surface area (Å²) in [6.45, 7) is 3.42. The normalized spacial score (nSPS) is 13.4. The van der Waals surface area contributed by atoms with Crippen LogP contribution in [-0.2, 0) is 20.9 Å². The zero-order valence-corrected chi connectivity index (χ0v) is 15.7. The highest BCUT2D eigenvalue weighted by Gasteiger charge is 2.33. The first kappa shape index (κ1) is 19.2. The third-order valence-electron chi connectivity index (χ3n) is 4.21. The van der Waals surface area contributed by atoms with Crippen molar-refractivity contribution in [1.29, 1.82) is 0 Å². The van der Waals surface area contributed by atoms with Gasteiger partial charge in [0.25, 0.3) is 0 Å². The molecule has 0 heterocycles. The lowest BCUT2D eigenvalue weighted by Gasteiger charge is -2.26. The van der Waals surface area contributed by atoms with Gasteiger partial charge in [-0.05, 0) is 43.0 Å². The predicted molar refractivity (Wildman–Crippen MR) is 99.7 cm³/mol. The van der Waals surface area contributed by atoms with E-state index in [4.69, 9.17) is 4.74 Å². The van der Waals surface area contributed by atoms with Crippen LogP contribution in [0.15, 0.2) is 18.2 Å². The van der Waals surface area contributed by atoms with E-state index in [2.05, 4.69) is 12.2 Å². The Kier molecular flexibility index (Phi) is 6.82. The molecule has 6 heteroatoms. The molecule has 1 aliphatic rings. The molecular weight excluding hydrogens is 318 g/mol. The van der Waals surface area contributed by atoms with Gasteiger partial charge in [0.2, 0.25) is 11.8 Å². The second-order valence-electron chi connectivity index (χ2n) is 6.75. The summed E-state index contributed by atoms with van der Waals surface area (Å²) >= 11 is 0. The SMILES string of the molecule is CCCN(Cc1cc(NC(=O)COC)ccc1N(C)C)C(=O)C1CC1. The summed E-state index contributed by atoms with van der Waals surface area (Å²) in [4.78, 5) is 28.3. The van der Waals surface area contributed by atoms with Crippen LogP contribution in [0.1, 0.15) is 31.7 Å². The van der Waals surface area contributed by atoms with Crippen molar-refractivity contribution in [2.45, 2.75) is 32.7 Å². The highest BCUT2D eigenvalue weighted by molar-refractivity contribution is 5.92. The topological polar surface area (TPSA) is 61.9 Å². The Balaban J connectivity index is 2.21. The van der Waals surface area contributed by atoms with E-state index in [1.54, 1.807) is 0 Å². The van der Waals surface area contributed by atoms with E-state index >= 15 is 0 Å². The van der Waals surface area contributed by atoms with Crippen molar-refractivity contribution in [2.75, 3.05) is 44.6 Å². The summed E-state index contributed by atoms with van der Waals surface area (Å²) in [5, 5.41) is 2.83. The van der Waals surface area contributed by atoms with Crippen molar-refractivity contribution in [3.63, 3.8) is 0 Å². The Morgan fingerprint density at radius 2 is 2.00 bits per heavy atom. The average molecular weight is 347 g/mol. The largest absolute Gasteiger partial charge is 0.377 e. The molecule has 2 amide bonds. The first-order chi connectivity index (χ1) is 12.0. The smallest absolute Gasteiger partial charge is 0.250 e. The monoisotopic (exact) mass is 347 g/mol. The summed E-state index contributed by atoms with van der Waals surface area (Å²) in [5.74, 6) is 0.268. The summed E-state index contributed by atoms with van der Waals surface area (Å²) in [7, 11) is 5.45. The standard InChI is InChI=1S/C19H29N3O3/c1-5-10-22(19(24)14-6-7-14)12-15-11-16(20-18(23)13-25-4)8-9-17(15)21(2)3/h8-9,11,14H,5-7,10,12-13H2,1-4H3,(H,20,23). The van der Waals surface area contributed by atoms with E-state index in [9.17, 15) is 9.59 Å². The molecule has 0 atom stereocenters. The number of methoxy groups -OCH3 is 1. The fourth-order valence-corrected chi connectivity index (χ4v) is 2.89. The number of hydrogen-bond acceptors (Lipinski definition) is 4. The molecule has 138 valence electrons. The van der Waals surface area contributed by atoms with Gasteiger partial charge in [-0.1, -0.05) is 6.92 Å². The Morgan fingerprint density at radius 3 is 2.56 bits per heavy atom. The number of hydrogen-bond donors (Lipinski definition) is 1. The number of ether oxygens (including phenoxy) is 1. The van der Waals surface area contributed by atoms with Gasteiger partial charge in [-0.15, -0.1) is 0 Å². The number of carbonyl (C=O) groups is 2. The molecule has 1 N–H and O–H groups in total. The molecule has 0 unspecified atom stereocenters. The number of amides is 2. The van der Waals surface area contributed by atoms with E-state index in [1.807, 2.05) is 42.1 Å². The molecule has 2 rings (SSSR count). The number of anilines is 2. The van der Waals surface area contributed by atoms with Crippen molar-refractivity contribution in [1.82, 2.24) is 4.90 Å². The van der Waals surface area contributed by atoms with Gasteiger partial charge in [0.05, 0.1) is 0 Å². The predicted octanol–water partition coefficient (Wildman–Crippen LogP) is 2.49. The molecule has 1 aromatic rings. The quantitative estimate of drug-likeness (QED) is 0.745. The van der Waals surface area contributed by atoms with Crippen LogP contribution < -0.4 is 10.2 Å². The van der Waals surface area contributed by atoms with Crippen LogP contribution >= 0.6 is 0 Å². The highest BCUT2D eigenvalue weighted by atomic mass is 16.5. The fraction of sp³-hybridized carbons (Fsp3) is 0.579. The molecule has 1 aliphatic carbocycles. The Hall–Kier alpha value is -2.08. The minimum Gasteiger partial charge on any atom is -0.377 e.